The summed E-state index contributed by atoms with van der Waals surface area (Å²) in [5.74, 6) is -1.43. The molecule has 0 unspecified atom stereocenters. The van der Waals surface area contributed by atoms with Gasteiger partial charge in [0.1, 0.15) is 11.4 Å². The zero-order valence-corrected chi connectivity index (χ0v) is 9.60. The average Bonchev–Trinajstić information content (AvgIpc) is 2.40. The number of rotatable bonds is 2. The lowest BCUT2D eigenvalue weighted by molar-refractivity contribution is 0.0968. The first kappa shape index (κ1) is 12.3. The first-order valence-electron chi connectivity index (χ1n) is 5.01. The molecule has 1 heterocycles. The Morgan fingerprint density at radius 3 is 2.21 bits per heavy atom. The van der Waals surface area contributed by atoms with Crippen molar-refractivity contribution in [2.24, 2.45) is 10.2 Å². The van der Waals surface area contributed by atoms with Crippen molar-refractivity contribution in [2.45, 2.75) is 6.92 Å². The summed E-state index contributed by atoms with van der Waals surface area (Å²) in [5.41, 5.74) is 16.2. The maximum Gasteiger partial charge on any atom is 0.215 e. The van der Waals surface area contributed by atoms with Gasteiger partial charge in [0.05, 0.1) is 11.3 Å². The monoisotopic (exact) mass is 255 g/mol. The fourth-order valence-corrected chi connectivity index (χ4v) is 1.64. The first-order chi connectivity index (χ1) is 9.10. The number of carbonyl (C=O) groups excluding carboxylic acids is 2. The van der Waals surface area contributed by atoms with Crippen LogP contribution in [0.1, 0.15) is 26.5 Å². The van der Waals surface area contributed by atoms with E-state index in [1.54, 1.807) is 13.0 Å². The third-order valence-electron chi connectivity index (χ3n) is 2.44. The van der Waals surface area contributed by atoms with Crippen LogP contribution in [0.15, 0.2) is 33.8 Å². The van der Waals surface area contributed by atoms with E-state index < -0.39 is 23.0 Å². The number of ketones is 2. The lowest BCUT2D eigenvalue weighted by atomic mass is 9.94. The highest BCUT2D eigenvalue weighted by atomic mass is 16.1. The summed E-state index contributed by atoms with van der Waals surface area (Å²) in [7, 11) is 0. The molecule has 0 aliphatic heterocycles. The van der Waals surface area contributed by atoms with Crippen molar-refractivity contribution < 1.29 is 9.59 Å². The molecule has 9 nitrogen and oxygen atoms in total. The van der Waals surface area contributed by atoms with Crippen LogP contribution in [0, 0.1) is 6.92 Å². The quantitative estimate of drug-likeness (QED) is 0.454. The van der Waals surface area contributed by atoms with Gasteiger partial charge in [-0.15, -0.1) is 0 Å². The van der Waals surface area contributed by atoms with Gasteiger partial charge in [-0.25, -0.2) is 4.98 Å². The van der Waals surface area contributed by atoms with Crippen molar-refractivity contribution in [2.75, 3.05) is 0 Å². The molecule has 0 fully saturated rings. The van der Waals surface area contributed by atoms with Crippen molar-refractivity contribution in [1.29, 1.82) is 0 Å². The van der Waals surface area contributed by atoms with E-state index in [9.17, 15) is 9.59 Å². The molecule has 0 aromatic carbocycles. The minimum Gasteiger partial charge on any atom is -0.289 e. The molecule has 2 rings (SSSR count). The van der Waals surface area contributed by atoms with Gasteiger partial charge in [-0.2, -0.15) is 0 Å². The van der Waals surface area contributed by atoms with Crippen molar-refractivity contribution >= 4 is 11.6 Å². The van der Waals surface area contributed by atoms with Crippen molar-refractivity contribution in [3.05, 3.63) is 61.4 Å². The summed E-state index contributed by atoms with van der Waals surface area (Å²) >= 11 is 0. The van der Waals surface area contributed by atoms with Gasteiger partial charge in [-0.05, 0) is 30.1 Å². The fraction of sp³-hybridized carbons (Fsp3) is 0.100. The molecule has 0 atom stereocenters. The van der Waals surface area contributed by atoms with E-state index >= 15 is 0 Å². The highest BCUT2D eigenvalue weighted by Crippen LogP contribution is 2.27. The van der Waals surface area contributed by atoms with Crippen LogP contribution in [-0.2, 0) is 0 Å². The molecule has 1 aliphatic rings. The number of Topliss-reactive ketones (excluding diaryl/α,β-unsaturated/α-hetero) is 2. The Morgan fingerprint density at radius 2 is 1.63 bits per heavy atom. The Balaban J connectivity index is 2.80. The van der Waals surface area contributed by atoms with Gasteiger partial charge in [0.25, 0.3) is 0 Å². The lowest BCUT2D eigenvalue weighted by Gasteiger charge is -2.14. The van der Waals surface area contributed by atoms with Crippen LogP contribution in [-0.4, -0.2) is 16.6 Å². The molecule has 92 valence electrons. The van der Waals surface area contributed by atoms with Crippen molar-refractivity contribution in [1.82, 2.24) is 4.98 Å². The predicted molar refractivity (Wildman–Crippen MR) is 63.0 cm³/mol. The van der Waals surface area contributed by atoms with Crippen LogP contribution in [0.2, 0.25) is 0 Å². The number of aromatic nitrogens is 1. The molecule has 9 heteroatoms. The number of allylic oxidation sites excluding steroid dienone is 2. The zero-order valence-electron chi connectivity index (χ0n) is 9.60. The second kappa shape index (κ2) is 4.61. The van der Waals surface area contributed by atoms with Crippen LogP contribution in [0.4, 0.5) is 0 Å². The molecular weight excluding hydrogens is 250 g/mol. The van der Waals surface area contributed by atoms with Gasteiger partial charge in [0.2, 0.25) is 5.78 Å². The second-order valence-corrected chi connectivity index (χ2v) is 3.58. The van der Waals surface area contributed by atoms with Gasteiger partial charge in [0.15, 0.2) is 5.78 Å². The number of fused-ring (bicyclic) bond motifs is 1. The van der Waals surface area contributed by atoms with Crippen LogP contribution >= 0.6 is 0 Å². The predicted octanol–water partition coefficient (Wildman–Crippen LogP) is 2.60. The number of pyridine rings is 1. The minimum absolute atomic E-state index is 0.0230. The third kappa shape index (κ3) is 1.91. The summed E-state index contributed by atoms with van der Waals surface area (Å²) in [6.45, 7) is 1.65. The fourth-order valence-electron chi connectivity index (χ4n) is 1.64. The Hall–Kier alpha value is -3.15. The van der Waals surface area contributed by atoms with Crippen molar-refractivity contribution in [3.8, 4) is 0 Å². The molecule has 0 spiro atoms. The van der Waals surface area contributed by atoms with E-state index in [1.165, 1.54) is 6.07 Å². The van der Waals surface area contributed by atoms with Crippen LogP contribution < -0.4 is 0 Å². The summed E-state index contributed by atoms with van der Waals surface area (Å²) in [6, 6.07) is 2.97. The Labute approximate surface area is 105 Å². The standard InChI is InChI=1S/C10H5N7O2/c1-4-2-3-5-6(13-4)10(19)8(15-17-12)7(9(5)18)14-16-11/h2-3H,1H3. The third-order valence-corrected chi connectivity index (χ3v) is 2.44. The molecule has 0 saturated carbocycles. The Kier molecular flexibility index (Phi) is 2.99. The van der Waals surface area contributed by atoms with E-state index in [4.69, 9.17) is 11.1 Å². The number of azide groups is 2. The lowest BCUT2D eigenvalue weighted by Crippen LogP contribution is -2.22. The SMILES string of the molecule is Cc1ccc2c(n1)C(=O)C(N=[N+]=[N-])=C(N=[N+]=[N-])C2=O. The molecule has 1 aliphatic carbocycles. The number of aryl methyl sites for hydroxylation is 1. The molecule has 0 radical (unpaired) electrons. The maximum absolute atomic E-state index is 12.1. The van der Waals surface area contributed by atoms with Gasteiger partial charge in [-0.1, -0.05) is 10.2 Å². The molecule has 0 amide bonds. The number of nitrogens with zero attached hydrogens (tertiary/aromatic N) is 7. The molecule has 1 aromatic heterocycles. The van der Waals surface area contributed by atoms with E-state index in [2.05, 4.69) is 25.0 Å². The molecule has 0 bridgehead atoms. The van der Waals surface area contributed by atoms with Gasteiger partial charge < -0.3 is 0 Å². The number of hydrogen-bond donors (Lipinski definition) is 0. The molecule has 1 aromatic rings. The maximum atomic E-state index is 12.1. The summed E-state index contributed by atoms with van der Waals surface area (Å²) in [6.07, 6.45) is 0. The molecule has 0 saturated heterocycles. The topological polar surface area (TPSA) is 145 Å². The van der Waals surface area contributed by atoms with Crippen LogP contribution in [0.5, 0.6) is 0 Å². The highest BCUT2D eigenvalue weighted by Gasteiger charge is 2.32. The Bertz CT molecular complexity index is 736. The minimum atomic E-state index is -0.737. The molecule has 0 N–H and O–H groups in total. The summed E-state index contributed by atoms with van der Waals surface area (Å²) in [5, 5.41) is 6.26. The van der Waals surface area contributed by atoms with E-state index in [0.717, 1.165) is 0 Å². The molecule has 19 heavy (non-hydrogen) atoms. The van der Waals surface area contributed by atoms with E-state index in [-0.39, 0.29) is 11.3 Å². The van der Waals surface area contributed by atoms with Gasteiger partial charge in [-0.3, -0.25) is 9.59 Å². The van der Waals surface area contributed by atoms with Crippen LogP contribution in [0.3, 0.4) is 0 Å². The normalized spacial score (nSPS) is 13.5. The zero-order chi connectivity index (χ0) is 14.0. The van der Waals surface area contributed by atoms with Crippen LogP contribution in [0.25, 0.3) is 20.9 Å². The average molecular weight is 255 g/mol. The van der Waals surface area contributed by atoms with Gasteiger partial charge >= 0.3 is 0 Å². The van der Waals surface area contributed by atoms with E-state index in [1.807, 2.05) is 0 Å². The molecular formula is C10H5N7O2. The number of hydrogen-bond acceptors (Lipinski definition) is 5. The number of carbonyl (C=O) groups is 2. The van der Waals surface area contributed by atoms with Crippen molar-refractivity contribution in [3.63, 3.8) is 0 Å². The smallest absolute Gasteiger partial charge is 0.215 e. The largest absolute Gasteiger partial charge is 0.289 e. The first-order valence-corrected chi connectivity index (χ1v) is 5.01. The van der Waals surface area contributed by atoms with E-state index in [0.29, 0.717) is 5.69 Å². The summed E-state index contributed by atoms with van der Waals surface area (Å²) < 4.78 is 0. The van der Waals surface area contributed by atoms with Gasteiger partial charge in [0, 0.05) is 15.5 Å². The highest BCUT2D eigenvalue weighted by molar-refractivity contribution is 6.25. The summed E-state index contributed by atoms with van der Waals surface area (Å²) in [4.78, 5) is 33.0. The Morgan fingerprint density at radius 1 is 1.05 bits per heavy atom. The second-order valence-electron chi connectivity index (χ2n) is 3.58.